The molecule has 1 aromatic carbocycles. The number of hydrogen-bond donors (Lipinski definition) is 2. The van der Waals surface area contributed by atoms with Gasteiger partial charge in [-0.05, 0) is 31.6 Å². The van der Waals surface area contributed by atoms with Crippen molar-refractivity contribution in [1.29, 1.82) is 0 Å². The number of amides is 1. The minimum Gasteiger partial charge on any atom is -0.360 e. The second-order valence-electron chi connectivity index (χ2n) is 5.63. The number of carbonyl (C=O) groups is 1. The van der Waals surface area contributed by atoms with Gasteiger partial charge in [-0.15, -0.1) is 0 Å². The van der Waals surface area contributed by atoms with Crippen molar-refractivity contribution >= 4 is 29.1 Å². The predicted octanol–water partition coefficient (Wildman–Crippen LogP) is 2.76. The van der Waals surface area contributed by atoms with Crippen LogP contribution in [0, 0.1) is 6.92 Å². The first-order valence-electron chi connectivity index (χ1n) is 7.52. The fourth-order valence-electron chi connectivity index (χ4n) is 2.63. The van der Waals surface area contributed by atoms with E-state index in [0.717, 1.165) is 11.3 Å². The monoisotopic (exact) mass is 342 g/mol. The van der Waals surface area contributed by atoms with Gasteiger partial charge in [-0.3, -0.25) is 4.79 Å². The number of thiocarbonyl (C=S) groups is 1. The average molecular weight is 342 g/mol. The van der Waals surface area contributed by atoms with Crippen LogP contribution in [0.15, 0.2) is 52.2 Å². The van der Waals surface area contributed by atoms with Crippen molar-refractivity contribution in [2.45, 2.75) is 19.9 Å². The number of aryl methyl sites for hydroxylation is 1. The molecule has 6 nitrogen and oxygen atoms in total. The van der Waals surface area contributed by atoms with Crippen LogP contribution in [-0.2, 0) is 4.79 Å². The average Bonchev–Trinajstić information content (AvgIpc) is 2.97. The van der Waals surface area contributed by atoms with Crippen LogP contribution in [0.5, 0.6) is 0 Å². The summed E-state index contributed by atoms with van der Waals surface area (Å²) in [5, 5.41) is 10.4. The molecule has 0 aliphatic carbocycles. The highest BCUT2D eigenvalue weighted by Gasteiger charge is 2.32. The van der Waals surface area contributed by atoms with Crippen molar-refractivity contribution in [2.75, 3.05) is 12.4 Å². The van der Waals surface area contributed by atoms with Gasteiger partial charge in [-0.1, -0.05) is 35.5 Å². The molecular formula is C17H18N4O2S. The highest BCUT2D eigenvalue weighted by Crippen LogP contribution is 2.30. The zero-order valence-electron chi connectivity index (χ0n) is 13.7. The molecule has 2 heterocycles. The summed E-state index contributed by atoms with van der Waals surface area (Å²) in [5.41, 5.74) is 2.36. The molecule has 0 saturated heterocycles. The molecule has 1 amide bonds. The van der Waals surface area contributed by atoms with E-state index in [9.17, 15) is 4.79 Å². The Balaban J connectivity index is 1.98. The topological polar surface area (TPSA) is 70.4 Å². The molecule has 1 aromatic heterocycles. The molecule has 1 aliphatic rings. The molecule has 0 saturated carbocycles. The maximum absolute atomic E-state index is 12.9. The fraction of sp³-hybridized carbons (Fsp3) is 0.235. The van der Waals surface area contributed by atoms with Crippen LogP contribution >= 0.6 is 12.2 Å². The normalized spacial score (nSPS) is 17.7. The summed E-state index contributed by atoms with van der Waals surface area (Å²) in [7, 11) is 1.83. The van der Waals surface area contributed by atoms with Crippen LogP contribution in [0.1, 0.15) is 24.3 Å². The minimum absolute atomic E-state index is 0.239. The lowest BCUT2D eigenvalue weighted by Crippen LogP contribution is -2.46. The molecule has 3 rings (SSSR count). The van der Waals surface area contributed by atoms with Gasteiger partial charge in [-0.2, -0.15) is 0 Å². The Kier molecular flexibility index (Phi) is 4.35. The molecule has 0 fully saturated rings. The van der Waals surface area contributed by atoms with Gasteiger partial charge in [0, 0.05) is 18.8 Å². The first kappa shape index (κ1) is 16.2. The molecular weight excluding hydrogens is 324 g/mol. The number of hydrogen-bond acceptors (Lipinski definition) is 4. The van der Waals surface area contributed by atoms with Crippen molar-refractivity contribution in [3.63, 3.8) is 0 Å². The van der Waals surface area contributed by atoms with Crippen LogP contribution < -0.4 is 10.6 Å². The van der Waals surface area contributed by atoms with E-state index in [1.54, 1.807) is 17.9 Å². The lowest BCUT2D eigenvalue weighted by molar-refractivity contribution is -0.113. The first-order chi connectivity index (χ1) is 11.5. The molecule has 2 aromatic rings. The molecule has 0 spiro atoms. The number of anilines is 1. The van der Waals surface area contributed by atoms with Gasteiger partial charge in [-0.25, -0.2) is 0 Å². The van der Waals surface area contributed by atoms with Crippen LogP contribution in [0.25, 0.3) is 0 Å². The second kappa shape index (κ2) is 6.45. The summed E-state index contributed by atoms with van der Waals surface area (Å²) in [6.07, 6.45) is 0. The highest BCUT2D eigenvalue weighted by molar-refractivity contribution is 7.80. The Hall–Kier alpha value is -2.67. The lowest BCUT2D eigenvalue weighted by atomic mass is 9.94. The molecule has 0 unspecified atom stereocenters. The van der Waals surface area contributed by atoms with E-state index in [2.05, 4.69) is 15.8 Å². The standard InChI is InChI=1S/C17H18N4O2S/c1-10-9-13(20-23-10)18-16(22)14-11(2)21(3)17(24)19-15(14)12-7-5-4-6-8-12/h4-9,15H,1-3H3,(H,19,24)(H,18,20,22)/t15-/m1/s1. The molecule has 24 heavy (non-hydrogen) atoms. The van der Waals surface area contributed by atoms with Crippen LogP contribution in [-0.4, -0.2) is 28.1 Å². The molecule has 0 bridgehead atoms. The zero-order valence-corrected chi connectivity index (χ0v) is 14.5. The van der Waals surface area contributed by atoms with Gasteiger partial charge < -0.3 is 20.1 Å². The fourth-order valence-corrected chi connectivity index (χ4v) is 2.89. The second-order valence-corrected chi connectivity index (χ2v) is 6.01. The molecule has 1 aliphatic heterocycles. The summed E-state index contributed by atoms with van der Waals surface area (Å²) in [4.78, 5) is 14.7. The van der Waals surface area contributed by atoms with Gasteiger partial charge in [0.05, 0.1) is 11.6 Å². The highest BCUT2D eigenvalue weighted by atomic mass is 32.1. The van der Waals surface area contributed by atoms with Gasteiger partial charge in [0.25, 0.3) is 5.91 Å². The number of benzene rings is 1. The van der Waals surface area contributed by atoms with Gasteiger partial charge in [0.1, 0.15) is 5.76 Å². The van der Waals surface area contributed by atoms with Crippen molar-refractivity contribution < 1.29 is 9.32 Å². The number of rotatable bonds is 3. The summed E-state index contributed by atoms with van der Waals surface area (Å²) in [6, 6.07) is 11.1. The van der Waals surface area contributed by atoms with Crippen LogP contribution in [0.3, 0.4) is 0 Å². The largest absolute Gasteiger partial charge is 0.360 e. The SMILES string of the molecule is CC1=C(C(=O)Nc2cc(C)on2)[C@@H](c2ccccc2)NC(=S)N1C. The third-order valence-corrected chi connectivity index (χ3v) is 4.39. The van der Waals surface area contributed by atoms with E-state index in [1.165, 1.54) is 0 Å². The van der Waals surface area contributed by atoms with Crippen molar-refractivity contribution in [2.24, 2.45) is 0 Å². The lowest BCUT2D eigenvalue weighted by Gasteiger charge is -2.35. The van der Waals surface area contributed by atoms with Crippen molar-refractivity contribution in [1.82, 2.24) is 15.4 Å². The van der Waals surface area contributed by atoms with E-state index in [4.69, 9.17) is 16.7 Å². The zero-order chi connectivity index (χ0) is 17.3. The van der Waals surface area contributed by atoms with Crippen molar-refractivity contribution in [3.05, 3.63) is 59.0 Å². The summed E-state index contributed by atoms with van der Waals surface area (Å²) < 4.78 is 5.00. The molecule has 124 valence electrons. The Labute approximate surface area is 145 Å². The summed E-state index contributed by atoms with van der Waals surface area (Å²) in [5.74, 6) is 0.785. The number of nitrogens with zero attached hydrogens (tertiary/aromatic N) is 2. The minimum atomic E-state index is -0.317. The van der Waals surface area contributed by atoms with Gasteiger partial charge >= 0.3 is 0 Å². The van der Waals surface area contributed by atoms with E-state index in [-0.39, 0.29) is 11.9 Å². The quantitative estimate of drug-likeness (QED) is 0.836. The first-order valence-corrected chi connectivity index (χ1v) is 7.93. The van der Waals surface area contributed by atoms with E-state index in [0.29, 0.717) is 22.3 Å². The van der Waals surface area contributed by atoms with E-state index >= 15 is 0 Å². The Morgan fingerprint density at radius 1 is 1.33 bits per heavy atom. The molecule has 0 radical (unpaired) electrons. The smallest absolute Gasteiger partial charge is 0.257 e. The number of carbonyl (C=O) groups excluding carboxylic acids is 1. The third-order valence-electron chi connectivity index (χ3n) is 4.00. The van der Waals surface area contributed by atoms with E-state index in [1.807, 2.05) is 44.3 Å². The molecule has 2 N–H and O–H groups in total. The summed E-state index contributed by atoms with van der Waals surface area (Å²) >= 11 is 5.38. The Bertz CT molecular complexity index is 813. The Morgan fingerprint density at radius 3 is 2.67 bits per heavy atom. The maximum atomic E-state index is 12.9. The van der Waals surface area contributed by atoms with Crippen molar-refractivity contribution in [3.8, 4) is 0 Å². The van der Waals surface area contributed by atoms with E-state index < -0.39 is 0 Å². The predicted molar refractivity (Wildman–Crippen MR) is 95.2 cm³/mol. The molecule has 1 atom stereocenters. The molecule has 7 heteroatoms. The van der Waals surface area contributed by atoms with Gasteiger partial charge in [0.2, 0.25) is 0 Å². The van der Waals surface area contributed by atoms with Crippen LogP contribution in [0.4, 0.5) is 5.82 Å². The summed E-state index contributed by atoms with van der Waals surface area (Å²) in [6.45, 7) is 3.65. The maximum Gasteiger partial charge on any atom is 0.257 e. The van der Waals surface area contributed by atoms with Crippen LogP contribution in [0.2, 0.25) is 0 Å². The third kappa shape index (κ3) is 3.03. The Morgan fingerprint density at radius 2 is 2.04 bits per heavy atom. The number of nitrogens with one attached hydrogen (secondary N) is 2. The number of aromatic nitrogens is 1. The van der Waals surface area contributed by atoms with Gasteiger partial charge in [0.15, 0.2) is 10.9 Å². The number of allylic oxidation sites excluding steroid dienone is 1.